The van der Waals surface area contributed by atoms with Crippen molar-refractivity contribution in [1.29, 1.82) is 0 Å². The van der Waals surface area contributed by atoms with Gasteiger partial charge >= 0.3 is 6.18 Å². The molecule has 0 saturated carbocycles. The fourth-order valence-electron chi connectivity index (χ4n) is 2.54. The van der Waals surface area contributed by atoms with Crippen LogP contribution in [0.1, 0.15) is 31.4 Å². The molecule has 2 aromatic rings. The van der Waals surface area contributed by atoms with Gasteiger partial charge in [0.25, 0.3) is 10.0 Å². The lowest BCUT2D eigenvalue weighted by Gasteiger charge is -2.25. The van der Waals surface area contributed by atoms with Crippen LogP contribution in [0.2, 0.25) is 0 Å². The van der Waals surface area contributed by atoms with Crippen molar-refractivity contribution in [2.24, 2.45) is 0 Å². The van der Waals surface area contributed by atoms with Crippen LogP contribution in [0.25, 0.3) is 0 Å². The summed E-state index contributed by atoms with van der Waals surface area (Å²) in [5.74, 6) is -0.604. The van der Waals surface area contributed by atoms with Crippen LogP contribution in [-0.2, 0) is 21.0 Å². The highest BCUT2D eigenvalue weighted by atomic mass is 32.2. The summed E-state index contributed by atoms with van der Waals surface area (Å²) in [5, 5.41) is 2.64. The second-order valence-electron chi connectivity index (χ2n) is 6.75. The van der Waals surface area contributed by atoms with Gasteiger partial charge in [-0.15, -0.1) is 0 Å². The molecule has 5 nitrogen and oxygen atoms in total. The van der Waals surface area contributed by atoms with E-state index in [2.05, 4.69) is 5.32 Å². The number of carbonyl (C=O) groups is 1. The molecule has 0 aromatic heterocycles. The Balaban J connectivity index is 2.51. The number of anilines is 1. The van der Waals surface area contributed by atoms with Gasteiger partial charge in [0.05, 0.1) is 16.1 Å². The van der Waals surface area contributed by atoms with Crippen LogP contribution in [0.5, 0.6) is 0 Å². The second-order valence-corrected chi connectivity index (χ2v) is 8.61. The first-order chi connectivity index (χ1) is 13.4. The highest BCUT2D eigenvalue weighted by Gasteiger charge is 2.33. The molecule has 1 N–H and O–H groups in total. The number of hydrogen-bond donors (Lipinski definition) is 1. The zero-order chi connectivity index (χ0) is 21.8. The lowest BCUT2D eigenvalue weighted by Crippen LogP contribution is -2.43. The Hall–Kier alpha value is -2.55. The molecule has 0 fully saturated rings. The molecule has 0 aliphatic rings. The second kappa shape index (κ2) is 8.86. The number of hydrogen-bond acceptors (Lipinski definition) is 3. The van der Waals surface area contributed by atoms with E-state index in [1.165, 1.54) is 18.2 Å². The van der Waals surface area contributed by atoms with Crippen molar-refractivity contribution < 1.29 is 26.4 Å². The number of alkyl halides is 3. The van der Waals surface area contributed by atoms with Gasteiger partial charge in [-0.1, -0.05) is 30.7 Å². The molecule has 0 bridgehead atoms. The number of aryl methyl sites for hydroxylation is 1. The SMILES string of the molecule is CC[C@@H](C)NC(=O)CN(c1cccc(C(F)(F)F)c1)S(=O)(=O)c1ccc(C)cc1. The van der Waals surface area contributed by atoms with E-state index in [9.17, 15) is 26.4 Å². The molecule has 0 spiro atoms. The van der Waals surface area contributed by atoms with Crippen molar-refractivity contribution in [3.05, 3.63) is 59.7 Å². The summed E-state index contributed by atoms with van der Waals surface area (Å²) in [7, 11) is -4.27. The number of halogens is 3. The predicted octanol–water partition coefficient (Wildman–Crippen LogP) is 4.12. The van der Waals surface area contributed by atoms with E-state index in [0.29, 0.717) is 10.7 Å². The van der Waals surface area contributed by atoms with Gasteiger partial charge in [0, 0.05) is 6.04 Å². The Morgan fingerprint density at radius 2 is 1.76 bits per heavy atom. The Kier molecular flexibility index (Phi) is 6.94. The largest absolute Gasteiger partial charge is 0.416 e. The number of nitrogens with zero attached hydrogens (tertiary/aromatic N) is 1. The normalized spacial score (nSPS) is 13.0. The fourth-order valence-corrected chi connectivity index (χ4v) is 3.96. The molecule has 158 valence electrons. The van der Waals surface area contributed by atoms with E-state index in [0.717, 1.165) is 23.8 Å². The minimum Gasteiger partial charge on any atom is -0.352 e. The zero-order valence-electron chi connectivity index (χ0n) is 16.3. The quantitative estimate of drug-likeness (QED) is 0.721. The topological polar surface area (TPSA) is 66.5 Å². The van der Waals surface area contributed by atoms with Gasteiger partial charge in [-0.05, 0) is 50.6 Å². The first-order valence-electron chi connectivity index (χ1n) is 9.01. The molecule has 2 rings (SSSR count). The number of amides is 1. The van der Waals surface area contributed by atoms with Crippen LogP contribution in [0.15, 0.2) is 53.4 Å². The minimum absolute atomic E-state index is 0.114. The van der Waals surface area contributed by atoms with Gasteiger partial charge < -0.3 is 5.32 Å². The molecular formula is C20H23F3N2O3S. The van der Waals surface area contributed by atoms with Crippen molar-refractivity contribution >= 4 is 21.6 Å². The van der Waals surface area contributed by atoms with Crippen molar-refractivity contribution in [1.82, 2.24) is 5.32 Å². The zero-order valence-corrected chi connectivity index (χ0v) is 17.1. The molecular weight excluding hydrogens is 405 g/mol. The maximum atomic E-state index is 13.2. The summed E-state index contributed by atoms with van der Waals surface area (Å²) >= 11 is 0. The van der Waals surface area contributed by atoms with Crippen LogP contribution in [0, 0.1) is 6.92 Å². The van der Waals surface area contributed by atoms with E-state index in [1.807, 2.05) is 6.92 Å². The number of rotatable bonds is 7. The molecule has 2 aromatic carbocycles. The summed E-state index contributed by atoms with van der Waals surface area (Å²) in [6.45, 7) is 4.74. The van der Waals surface area contributed by atoms with Gasteiger partial charge in [-0.3, -0.25) is 9.10 Å². The van der Waals surface area contributed by atoms with Crippen LogP contribution in [-0.4, -0.2) is 26.9 Å². The highest BCUT2D eigenvalue weighted by Crippen LogP contribution is 2.33. The van der Waals surface area contributed by atoms with E-state index < -0.39 is 34.2 Å². The molecule has 1 atom stereocenters. The summed E-state index contributed by atoms with van der Waals surface area (Å²) in [6, 6.07) is 9.59. The number of carbonyl (C=O) groups excluding carboxylic acids is 1. The molecule has 1 amide bonds. The van der Waals surface area contributed by atoms with Gasteiger partial charge in [0.15, 0.2) is 0 Å². The van der Waals surface area contributed by atoms with E-state index >= 15 is 0 Å². The summed E-state index contributed by atoms with van der Waals surface area (Å²) < 4.78 is 66.4. The first-order valence-corrected chi connectivity index (χ1v) is 10.4. The number of nitrogens with one attached hydrogen (secondary N) is 1. The molecule has 0 radical (unpaired) electrons. The fraction of sp³-hybridized carbons (Fsp3) is 0.350. The summed E-state index contributed by atoms with van der Waals surface area (Å²) in [5.41, 5.74) is -0.412. The molecule has 0 aliphatic heterocycles. The Morgan fingerprint density at radius 1 is 1.14 bits per heavy atom. The third-order valence-corrected chi connectivity index (χ3v) is 6.17. The summed E-state index contributed by atoms with van der Waals surface area (Å²) in [4.78, 5) is 12.3. The van der Waals surface area contributed by atoms with Crippen LogP contribution >= 0.6 is 0 Å². The van der Waals surface area contributed by atoms with E-state index in [4.69, 9.17) is 0 Å². The minimum atomic E-state index is -4.64. The average molecular weight is 428 g/mol. The first kappa shape index (κ1) is 22.7. The smallest absolute Gasteiger partial charge is 0.352 e. The number of benzene rings is 2. The monoisotopic (exact) mass is 428 g/mol. The van der Waals surface area contributed by atoms with Crippen LogP contribution < -0.4 is 9.62 Å². The van der Waals surface area contributed by atoms with Gasteiger partial charge in [-0.25, -0.2) is 8.42 Å². The highest BCUT2D eigenvalue weighted by molar-refractivity contribution is 7.92. The van der Waals surface area contributed by atoms with Crippen LogP contribution in [0.4, 0.5) is 18.9 Å². The van der Waals surface area contributed by atoms with Crippen molar-refractivity contribution in [3.63, 3.8) is 0 Å². The third kappa shape index (κ3) is 5.72. The van der Waals surface area contributed by atoms with Crippen molar-refractivity contribution in [3.8, 4) is 0 Å². The van der Waals surface area contributed by atoms with E-state index in [1.54, 1.807) is 26.0 Å². The molecule has 0 saturated heterocycles. The Morgan fingerprint density at radius 3 is 2.31 bits per heavy atom. The molecule has 0 unspecified atom stereocenters. The summed E-state index contributed by atoms with van der Waals surface area (Å²) in [6.07, 6.45) is -4.02. The maximum absolute atomic E-state index is 13.2. The molecule has 9 heteroatoms. The molecule has 0 aliphatic carbocycles. The lowest BCUT2D eigenvalue weighted by atomic mass is 10.2. The lowest BCUT2D eigenvalue weighted by molar-refractivity contribution is -0.137. The van der Waals surface area contributed by atoms with Gasteiger partial charge in [0.1, 0.15) is 6.54 Å². The molecule has 0 heterocycles. The number of sulfonamides is 1. The van der Waals surface area contributed by atoms with Crippen LogP contribution in [0.3, 0.4) is 0 Å². The van der Waals surface area contributed by atoms with Gasteiger partial charge in [0.2, 0.25) is 5.91 Å². The standard InChI is InChI=1S/C20H23F3N2O3S/c1-4-15(3)24-19(26)13-25(17-7-5-6-16(12-17)20(21,22)23)29(27,28)18-10-8-14(2)9-11-18/h5-12,15H,4,13H2,1-3H3,(H,24,26)/t15-/m1/s1. The predicted molar refractivity (Wildman–Crippen MR) is 105 cm³/mol. The van der Waals surface area contributed by atoms with Crippen molar-refractivity contribution in [2.45, 2.75) is 44.3 Å². The Bertz CT molecular complexity index is 958. The third-order valence-electron chi connectivity index (χ3n) is 4.38. The van der Waals surface area contributed by atoms with Gasteiger partial charge in [-0.2, -0.15) is 13.2 Å². The van der Waals surface area contributed by atoms with Crippen molar-refractivity contribution in [2.75, 3.05) is 10.8 Å². The average Bonchev–Trinajstić information content (AvgIpc) is 2.65. The Labute approximate surface area is 168 Å². The maximum Gasteiger partial charge on any atom is 0.416 e. The molecule has 29 heavy (non-hydrogen) atoms. The van der Waals surface area contributed by atoms with E-state index in [-0.39, 0.29) is 16.6 Å².